The molecule has 1 unspecified atom stereocenters. The third-order valence-corrected chi connectivity index (χ3v) is 4.09. The molecule has 0 aliphatic heterocycles. The number of nitrogens with two attached hydrogens (primary N) is 1. The van der Waals surface area contributed by atoms with Gasteiger partial charge in [-0.2, -0.15) is 0 Å². The zero-order valence-electron chi connectivity index (χ0n) is 11.9. The molecule has 0 aromatic carbocycles. The lowest BCUT2D eigenvalue weighted by atomic mass is 9.94. The number of amides is 1. The summed E-state index contributed by atoms with van der Waals surface area (Å²) < 4.78 is 0. The van der Waals surface area contributed by atoms with E-state index in [0.29, 0.717) is 25.4 Å². The molecule has 5 heteroatoms. The fourth-order valence-electron chi connectivity index (χ4n) is 2.17. The highest BCUT2D eigenvalue weighted by Gasteiger charge is 2.10. The van der Waals surface area contributed by atoms with Gasteiger partial charge in [0, 0.05) is 17.5 Å². The molecule has 0 bridgehead atoms. The Labute approximate surface area is 119 Å². The summed E-state index contributed by atoms with van der Waals surface area (Å²) in [6.07, 6.45) is 6.72. The van der Waals surface area contributed by atoms with E-state index >= 15 is 0 Å². The van der Waals surface area contributed by atoms with Crippen LogP contribution in [0.2, 0.25) is 0 Å². The van der Waals surface area contributed by atoms with Gasteiger partial charge >= 0.3 is 0 Å². The van der Waals surface area contributed by atoms with Gasteiger partial charge in [-0.15, -0.1) is 11.3 Å². The van der Waals surface area contributed by atoms with Crippen molar-refractivity contribution in [3.8, 4) is 0 Å². The van der Waals surface area contributed by atoms with Crippen molar-refractivity contribution in [2.75, 3.05) is 6.54 Å². The Bertz CT molecular complexity index is 373. The summed E-state index contributed by atoms with van der Waals surface area (Å²) in [7, 11) is 0. The molecule has 0 radical (unpaired) electrons. The number of carbonyl (C=O) groups is 1. The van der Waals surface area contributed by atoms with Crippen LogP contribution in [0.3, 0.4) is 0 Å². The molecule has 3 N–H and O–H groups in total. The summed E-state index contributed by atoms with van der Waals surface area (Å²) in [5.41, 5.74) is 5.60. The number of nitrogens with zero attached hydrogens (tertiary/aromatic N) is 1. The molecule has 1 aromatic heterocycles. The van der Waals surface area contributed by atoms with Gasteiger partial charge in [0.15, 0.2) is 0 Å². The van der Waals surface area contributed by atoms with Gasteiger partial charge in [-0.05, 0) is 32.2 Å². The highest BCUT2D eigenvalue weighted by molar-refractivity contribution is 7.11. The number of carbonyl (C=O) groups excluding carboxylic acids is 1. The average Bonchev–Trinajstić information content (AvgIpc) is 2.80. The van der Waals surface area contributed by atoms with E-state index in [-0.39, 0.29) is 5.91 Å². The van der Waals surface area contributed by atoms with Crippen molar-refractivity contribution < 1.29 is 4.79 Å². The smallest absolute Gasteiger partial charge is 0.220 e. The number of nitrogens with one attached hydrogen (secondary N) is 1. The van der Waals surface area contributed by atoms with E-state index in [1.807, 2.05) is 13.1 Å². The zero-order valence-corrected chi connectivity index (χ0v) is 12.8. The summed E-state index contributed by atoms with van der Waals surface area (Å²) >= 11 is 1.63. The fourth-order valence-corrected chi connectivity index (χ4v) is 2.91. The number of thiazole rings is 1. The Morgan fingerprint density at radius 3 is 2.84 bits per heavy atom. The third kappa shape index (κ3) is 6.68. The van der Waals surface area contributed by atoms with Gasteiger partial charge < -0.3 is 11.1 Å². The first-order valence-electron chi connectivity index (χ1n) is 7.03. The first-order chi connectivity index (χ1) is 9.15. The van der Waals surface area contributed by atoms with Crippen LogP contribution in [-0.4, -0.2) is 17.4 Å². The maximum Gasteiger partial charge on any atom is 0.220 e. The van der Waals surface area contributed by atoms with Crippen LogP contribution in [0.5, 0.6) is 0 Å². The molecule has 1 aromatic rings. The van der Waals surface area contributed by atoms with Crippen LogP contribution in [0.4, 0.5) is 0 Å². The summed E-state index contributed by atoms with van der Waals surface area (Å²) in [4.78, 5) is 17.1. The lowest BCUT2D eigenvalue weighted by Crippen LogP contribution is -2.23. The molecule has 1 amide bonds. The molecule has 19 heavy (non-hydrogen) atoms. The second kappa shape index (κ2) is 9.04. The molecule has 0 fully saturated rings. The van der Waals surface area contributed by atoms with Crippen molar-refractivity contribution in [2.45, 2.75) is 52.5 Å². The lowest BCUT2D eigenvalue weighted by Gasteiger charge is -2.14. The van der Waals surface area contributed by atoms with E-state index in [0.717, 1.165) is 29.1 Å². The Morgan fingerprint density at radius 1 is 1.47 bits per heavy atom. The van der Waals surface area contributed by atoms with E-state index in [1.165, 1.54) is 6.42 Å². The minimum absolute atomic E-state index is 0.129. The van der Waals surface area contributed by atoms with Crippen LogP contribution in [0.1, 0.15) is 48.9 Å². The second-order valence-electron chi connectivity index (χ2n) is 4.89. The van der Waals surface area contributed by atoms with Crippen LogP contribution in [0.15, 0.2) is 6.20 Å². The van der Waals surface area contributed by atoms with Crippen molar-refractivity contribution in [1.29, 1.82) is 0 Å². The minimum atomic E-state index is 0.129. The van der Waals surface area contributed by atoms with E-state index < -0.39 is 0 Å². The number of hydrogen-bond donors (Lipinski definition) is 2. The average molecular weight is 283 g/mol. The van der Waals surface area contributed by atoms with Gasteiger partial charge in [0.05, 0.1) is 11.6 Å². The maximum atomic E-state index is 11.8. The normalized spacial score (nSPS) is 12.4. The molecule has 0 spiro atoms. The van der Waals surface area contributed by atoms with Crippen LogP contribution < -0.4 is 11.1 Å². The van der Waals surface area contributed by atoms with E-state index in [4.69, 9.17) is 5.73 Å². The Hall–Kier alpha value is -0.940. The van der Waals surface area contributed by atoms with Crippen molar-refractivity contribution >= 4 is 17.2 Å². The van der Waals surface area contributed by atoms with Gasteiger partial charge in [-0.25, -0.2) is 4.98 Å². The largest absolute Gasteiger partial charge is 0.351 e. The van der Waals surface area contributed by atoms with Crippen molar-refractivity contribution in [3.63, 3.8) is 0 Å². The molecular weight excluding hydrogens is 258 g/mol. The quantitative estimate of drug-likeness (QED) is 0.732. The minimum Gasteiger partial charge on any atom is -0.351 e. The zero-order chi connectivity index (χ0) is 14.1. The predicted molar refractivity (Wildman–Crippen MR) is 80.0 cm³/mol. The number of aryl methyl sites for hydroxylation is 1. The Morgan fingerprint density at radius 2 is 2.26 bits per heavy atom. The number of rotatable bonds is 9. The van der Waals surface area contributed by atoms with Crippen LogP contribution >= 0.6 is 11.3 Å². The van der Waals surface area contributed by atoms with Gasteiger partial charge in [0.2, 0.25) is 5.91 Å². The molecule has 1 rings (SSSR count). The summed E-state index contributed by atoms with van der Waals surface area (Å²) in [5, 5.41) is 3.99. The molecule has 1 atom stereocenters. The first kappa shape index (κ1) is 16.1. The van der Waals surface area contributed by atoms with Crippen molar-refractivity contribution in [2.24, 2.45) is 11.7 Å². The van der Waals surface area contributed by atoms with Crippen molar-refractivity contribution in [3.05, 3.63) is 16.1 Å². The third-order valence-electron chi connectivity index (χ3n) is 3.18. The van der Waals surface area contributed by atoms with Crippen LogP contribution in [0.25, 0.3) is 0 Å². The number of hydrogen-bond acceptors (Lipinski definition) is 4. The highest BCUT2D eigenvalue weighted by Crippen LogP contribution is 2.17. The first-order valence-corrected chi connectivity index (χ1v) is 7.85. The summed E-state index contributed by atoms with van der Waals surface area (Å²) in [6, 6.07) is 0. The van der Waals surface area contributed by atoms with E-state index in [2.05, 4.69) is 17.2 Å². The standard InChI is InChI=1S/C14H25N3OS/c1-3-4-12(7-8-15)5-6-14(18)17-10-13-9-16-11(2)19-13/h9,12H,3-8,10,15H2,1-2H3,(H,17,18). The summed E-state index contributed by atoms with van der Waals surface area (Å²) in [6.45, 7) is 5.46. The topological polar surface area (TPSA) is 68.0 Å². The predicted octanol–water partition coefficient (Wildman–Crippen LogP) is 2.61. The number of aromatic nitrogens is 1. The van der Waals surface area contributed by atoms with Gasteiger partial charge in [0.25, 0.3) is 0 Å². The molecule has 0 aliphatic rings. The molecule has 0 saturated carbocycles. The van der Waals surface area contributed by atoms with E-state index in [9.17, 15) is 4.79 Å². The Kier molecular flexibility index (Phi) is 7.67. The maximum absolute atomic E-state index is 11.8. The van der Waals surface area contributed by atoms with Gasteiger partial charge in [-0.3, -0.25) is 4.79 Å². The van der Waals surface area contributed by atoms with Crippen LogP contribution in [0, 0.1) is 12.8 Å². The molecule has 1 heterocycles. The second-order valence-corrected chi connectivity index (χ2v) is 6.21. The van der Waals surface area contributed by atoms with E-state index in [1.54, 1.807) is 11.3 Å². The molecule has 4 nitrogen and oxygen atoms in total. The lowest BCUT2D eigenvalue weighted by molar-refractivity contribution is -0.121. The SMILES string of the molecule is CCCC(CCN)CCC(=O)NCc1cnc(C)s1. The monoisotopic (exact) mass is 283 g/mol. The highest BCUT2D eigenvalue weighted by atomic mass is 32.1. The van der Waals surface area contributed by atoms with Gasteiger partial charge in [0.1, 0.15) is 0 Å². The summed E-state index contributed by atoms with van der Waals surface area (Å²) in [5.74, 6) is 0.718. The fraction of sp³-hybridized carbons (Fsp3) is 0.714. The molecule has 0 saturated heterocycles. The van der Waals surface area contributed by atoms with Gasteiger partial charge in [-0.1, -0.05) is 19.8 Å². The van der Waals surface area contributed by atoms with Crippen LogP contribution in [-0.2, 0) is 11.3 Å². The molecule has 0 aliphatic carbocycles. The van der Waals surface area contributed by atoms with Crippen molar-refractivity contribution in [1.82, 2.24) is 10.3 Å². The molecule has 108 valence electrons. The Balaban J connectivity index is 2.22. The molecular formula is C14H25N3OS.